The Morgan fingerprint density at radius 1 is 1.06 bits per heavy atom. The van der Waals surface area contributed by atoms with Gasteiger partial charge in [0.25, 0.3) is 5.91 Å². The van der Waals surface area contributed by atoms with Gasteiger partial charge in [-0.15, -0.1) is 0 Å². The number of nitrogens with one attached hydrogen (secondary N) is 1. The summed E-state index contributed by atoms with van der Waals surface area (Å²) in [5.41, 5.74) is 2.67. The van der Waals surface area contributed by atoms with E-state index in [4.69, 9.17) is 9.15 Å². The van der Waals surface area contributed by atoms with Crippen LogP contribution < -0.4 is 10.7 Å². The van der Waals surface area contributed by atoms with Gasteiger partial charge in [0.15, 0.2) is 11.2 Å². The molecule has 1 fully saturated rings. The number of morpholine rings is 1. The topological polar surface area (TPSA) is 71.8 Å². The molecule has 1 aromatic heterocycles. The lowest BCUT2D eigenvalue weighted by Crippen LogP contribution is -2.43. The molecule has 1 atom stereocenters. The molecule has 1 N–H and O–H groups in total. The molecule has 6 heteroatoms. The third-order valence-electron chi connectivity index (χ3n) is 5.96. The molecule has 2 aromatic carbocycles. The monoisotopic (exact) mass is 434 g/mol. The third kappa shape index (κ3) is 4.92. The number of carbonyl (C=O) groups is 1. The summed E-state index contributed by atoms with van der Waals surface area (Å²) < 4.78 is 11.2. The van der Waals surface area contributed by atoms with Crippen molar-refractivity contribution in [3.05, 3.63) is 81.7 Å². The number of nitrogens with zero attached hydrogens (tertiary/aromatic N) is 1. The van der Waals surface area contributed by atoms with Gasteiger partial charge in [0.2, 0.25) is 0 Å². The fourth-order valence-corrected chi connectivity index (χ4v) is 4.04. The Labute approximate surface area is 188 Å². The van der Waals surface area contributed by atoms with Crippen LogP contribution in [0, 0.1) is 0 Å². The first-order valence-corrected chi connectivity index (χ1v) is 11.1. The Morgan fingerprint density at radius 3 is 2.44 bits per heavy atom. The number of benzene rings is 2. The molecule has 6 nitrogen and oxygen atoms in total. The number of ether oxygens (including phenoxy) is 1. The summed E-state index contributed by atoms with van der Waals surface area (Å²) in [6.07, 6.45) is 0. The Bertz CT molecular complexity index is 1140. The molecule has 0 bridgehead atoms. The molecule has 1 amide bonds. The second-order valence-corrected chi connectivity index (χ2v) is 9.22. The largest absolute Gasteiger partial charge is 0.451 e. The molecule has 1 aliphatic rings. The molecule has 32 heavy (non-hydrogen) atoms. The van der Waals surface area contributed by atoms with E-state index in [9.17, 15) is 9.59 Å². The van der Waals surface area contributed by atoms with E-state index in [-0.39, 0.29) is 22.6 Å². The zero-order chi connectivity index (χ0) is 22.7. The van der Waals surface area contributed by atoms with Crippen LogP contribution in [0.25, 0.3) is 11.0 Å². The number of rotatable bonds is 5. The standard InChI is InChI=1S/C26H30N2O4/c1-26(2,3)19-10-8-18(9-11-19)21(28-12-14-31-15-13-28)17-27-25(30)24-16-22(29)20-6-4-5-7-23(20)32-24/h4-11,16,21H,12-15,17H2,1-3H3,(H,27,30). The second-order valence-electron chi connectivity index (χ2n) is 9.22. The van der Waals surface area contributed by atoms with Gasteiger partial charge in [-0.1, -0.05) is 57.2 Å². The lowest BCUT2D eigenvalue weighted by atomic mass is 9.86. The van der Waals surface area contributed by atoms with Crippen LogP contribution in [0.15, 0.2) is 63.8 Å². The van der Waals surface area contributed by atoms with Gasteiger partial charge in [-0.3, -0.25) is 14.5 Å². The molecular formula is C26H30N2O4. The highest BCUT2D eigenvalue weighted by Crippen LogP contribution is 2.26. The first-order chi connectivity index (χ1) is 15.3. The summed E-state index contributed by atoms with van der Waals surface area (Å²) in [4.78, 5) is 27.5. The smallest absolute Gasteiger partial charge is 0.287 e. The summed E-state index contributed by atoms with van der Waals surface area (Å²) in [5, 5.41) is 3.44. The quantitative estimate of drug-likeness (QED) is 0.660. The minimum absolute atomic E-state index is 0.00375. The molecule has 1 aliphatic heterocycles. The van der Waals surface area contributed by atoms with E-state index < -0.39 is 5.91 Å². The van der Waals surface area contributed by atoms with Gasteiger partial charge >= 0.3 is 0 Å². The number of fused-ring (bicyclic) bond motifs is 1. The molecule has 0 saturated carbocycles. The van der Waals surface area contributed by atoms with E-state index >= 15 is 0 Å². The predicted molar refractivity (Wildman–Crippen MR) is 125 cm³/mol. The van der Waals surface area contributed by atoms with Crippen LogP contribution in [-0.2, 0) is 10.2 Å². The molecule has 1 unspecified atom stereocenters. The van der Waals surface area contributed by atoms with Crippen LogP contribution in [0.2, 0.25) is 0 Å². The Balaban J connectivity index is 1.55. The molecule has 3 aromatic rings. The highest BCUT2D eigenvalue weighted by Gasteiger charge is 2.25. The molecule has 2 heterocycles. The van der Waals surface area contributed by atoms with Gasteiger partial charge in [-0.2, -0.15) is 0 Å². The molecule has 4 rings (SSSR count). The molecule has 0 aliphatic carbocycles. The normalized spacial score (nSPS) is 16.1. The van der Waals surface area contributed by atoms with Gasteiger partial charge in [-0.05, 0) is 28.7 Å². The fourth-order valence-electron chi connectivity index (χ4n) is 4.04. The van der Waals surface area contributed by atoms with Crippen LogP contribution in [0.4, 0.5) is 0 Å². The van der Waals surface area contributed by atoms with E-state index in [2.05, 4.69) is 55.3 Å². The van der Waals surface area contributed by atoms with Crippen LogP contribution >= 0.6 is 0 Å². The van der Waals surface area contributed by atoms with Crippen molar-refractivity contribution in [1.82, 2.24) is 10.2 Å². The third-order valence-corrected chi connectivity index (χ3v) is 5.96. The van der Waals surface area contributed by atoms with Gasteiger partial charge < -0.3 is 14.5 Å². The van der Waals surface area contributed by atoms with E-state index in [1.165, 1.54) is 11.6 Å². The Kier molecular flexibility index (Phi) is 6.44. The van der Waals surface area contributed by atoms with Gasteiger partial charge in [0, 0.05) is 25.7 Å². The molecule has 1 saturated heterocycles. The first-order valence-electron chi connectivity index (χ1n) is 11.1. The molecular weight excluding hydrogens is 404 g/mol. The van der Waals surface area contributed by atoms with Crippen molar-refractivity contribution >= 4 is 16.9 Å². The zero-order valence-corrected chi connectivity index (χ0v) is 18.9. The molecule has 0 radical (unpaired) electrons. The first kappa shape index (κ1) is 22.2. The lowest BCUT2D eigenvalue weighted by Gasteiger charge is -2.35. The second kappa shape index (κ2) is 9.27. The predicted octanol–water partition coefficient (Wildman–Crippen LogP) is 3.89. The maximum absolute atomic E-state index is 12.9. The van der Waals surface area contributed by atoms with E-state index in [1.807, 2.05) is 0 Å². The number of hydrogen-bond donors (Lipinski definition) is 1. The highest BCUT2D eigenvalue weighted by atomic mass is 16.5. The summed E-state index contributed by atoms with van der Waals surface area (Å²) in [5.74, 6) is -0.366. The number of amides is 1. The van der Waals surface area contributed by atoms with Crippen molar-refractivity contribution in [2.75, 3.05) is 32.8 Å². The van der Waals surface area contributed by atoms with E-state index in [1.54, 1.807) is 24.3 Å². The summed E-state index contributed by atoms with van der Waals surface area (Å²) in [6, 6.07) is 16.8. The summed E-state index contributed by atoms with van der Waals surface area (Å²) in [6.45, 7) is 9.93. The van der Waals surface area contributed by atoms with Crippen molar-refractivity contribution in [2.24, 2.45) is 0 Å². The van der Waals surface area contributed by atoms with Gasteiger partial charge in [0.1, 0.15) is 5.58 Å². The van der Waals surface area contributed by atoms with Crippen molar-refractivity contribution in [3.63, 3.8) is 0 Å². The van der Waals surface area contributed by atoms with Crippen molar-refractivity contribution < 1.29 is 13.9 Å². The van der Waals surface area contributed by atoms with Crippen LogP contribution in [0.1, 0.15) is 48.5 Å². The van der Waals surface area contributed by atoms with Crippen molar-refractivity contribution in [1.29, 1.82) is 0 Å². The fraction of sp³-hybridized carbons (Fsp3) is 0.385. The van der Waals surface area contributed by atoms with Crippen LogP contribution in [0.5, 0.6) is 0 Å². The number of carbonyl (C=O) groups excluding carboxylic acids is 1. The van der Waals surface area contributed by atoms with Gasteiger partial charge in [-0.25, -0.2) is 0 Å². The maximum Gasteiger partial charge on any atom is 0.287 e. The van der Waals surface area contributed by atoms with Crippen molar-refractivity contribution in [2.45, 2.75) is 32.2 Å². The van der Waals surface area contributed by atoms with E-state index in [0.29, 0.717) is 30.7 Å². The summed E-state index contributed by atoms with van der Waals surface area (Å²) >= 11 is 0. The Morgan fingerprint density at radius 2 is 1.75 bits per heavy atom. The minimum atomic E-state index is -0.391. The van der Waals surface area contributed by atoms with Crippen LogP contribution in [0.3, 0.4) is 0 Å². The number of para-hydroxylation sites is 1. The highest BCUT2D eigenvalue weighted by molar-refractivity contribution is 5.93. The van der Waals surface area contributed by atoms with Crippen LogP contribution in [-0.4, -0.2) is 43.7 Å². The number of hydrogen-bond acceptors (Lipinski definition) is 5. The van der Waals surface area contributed by atoms with Gasteiger partial charge in [0.05, 0.1) is 24.6 Å². The van der Waals surface area contributed by atoms with Crippen molar-refractivity contribution in [3.8, 4) is 0 Å². The Hall–Kier alpha value is -2.96. The average molecular weight is 435 g/mol. The molecule has 0 spiro atoms. The minimum Gasteiger partial charge on any atom is -0.451 e. The zero-order valence-electron chi connectivity index (χ0n) is 18.9. The molecule has 168 valence electrons. The lowest BCUT2D eigenvalue weighted by molar-refractivity contribution is 0.0161. The summed E-state index contributed by atoms with van der Waals surface area (Å²) in [7, 11) is 0. The van der Waals surface area contributed by atoms with E-state index in [0.717, 1.165) is 18.7 Å². The SMILES string of the molecule is CC(C)(C)c1ccc(C(CNC(=O)c2cc(=O)c3ccccc3o2)N2CCOCC2)cc1. The average Bonchev–Trinajstić information content (AvgIpc) is 2.79. The maximum atomic E-state index is 12.9.